The lowest BCUT2D eigenvalue weighted by Gasteiger charge is -2.32. The normalized spacial score (nSPS) is 18.9. The highest BCUT2D eigenvalue weighted by Gasteiger charge is 2.27. The van der Waals surface area contributed by atoms with Gasteiger partial charge in [-0.3, -0.25) is 9.59 Å². The maximum atomic E-state index is 12.0. The largest absolute Gasteiger partial charge is 0.381 e. The van der Waals surface area contributed by atoms with Gasteiger partial charge in [0.25, 0.3) is 0 Å². The monoisotopic (exact) mass is 285 g/mol. The Bertz CT molecular complexity index is 310. The van der Waals surface area contributed by atoms with Gasteiger partial charge in [-0.2, -0.15) is 0 Å². The molecule has 3 N–H and O–H groups in total. The number of ether oxygens (including phenoxy) is 1. The molecular formula is C14H27N3O3. The summed E-state index contributed by atoms with van der Waals surface area (Å²) < 4.78 is 5.33. The molecular weight excluding hydrogens is 258 g/mol. The first-order valence-corrected chi connectivity index (χ1v) is 7.52. The molecule has 0 aromatic rings. The molecule has 116 valence electrons. The number of rotatable bonds is 8. The number of carbonyl (C=O) groups is 2. The first-order chi connectivity index (χ1) is 9.69. The number of carbonyl (C=O) groups excluding carboxylic acids is 2. The number of nitrogens with two attached hydrogens (primary N) is 1. The Balaban J connectivity index is 2.32. The van der Waals surface area contributed by atoms with E-state index in [-0.39, 0.29) is 17.7 Å². The summed E-state index contributed by atoms with van der Waals surface area (Å²) in [6.07, 6.45) is 3.08. The number of likely N-dealkylation sites (tertiary alicyclic amines) is 1. The Morgan fingerprint density at radius 2 is 2.20 bits per heavy atom. The van der Waals surface area contributed by atoms with Gasteiger partial charge in [-0.05, 0) is 19.3 Å². The standard InChI is InChI=1S/C14H27N3O3/c1-2-9-20-10-5-13(18)17-8-3-4-12(11-17)14(19)16-7-6-15/h12H,2-11,15H2,1H3,(H,16,19). The van der Waals surface area contributed by atoms with Crippen LogP contribution in [0, 0.1) is 5.92 Å². The van der Waals surface area contributed by atoms with Crippen LogP contribution in [-0.2, 0) is 14.3 Å². The summed E-state index contributed by atoms with van der Waals surface area (Å²) in [6, 6.07) is 0. The Morgan fingerprint density at radius 3 is 2.90 bits per heavy atom. The van der Waals surface area contributed by atoms with Crippen LogP contribution >= 0.6 is 0 Å². The smallest absolute Gasteiger partial charge is 0.224 e. The van der Waals surface area contributed by atoms with Crippen LogP contribution < -0.4 is 11.1 Å². The quantitative estimate of drug-likeness (QED) is 0.620. The molecule has 0 aromatic carbocycles. The van der Waals surface area contributed by atoms with Gasteiger partial charge in [0.1, 0.15) is 0 Å². The van der Waals surface area contributed by atoms with Crippen LogP contribution in [0.3, 0.4) is 0 Å². The van der Waals surface area contributed by atoms with Crippen LogP contribution in [0.2, 0.25) is 0 Å². The van der Waals surface area contributed by atoms with E-state index in [2.05, 4.69) is 5.32 Å². The number of hydrogen-bond donors (Lipinski definition) is 2. The van der Waals surface area contributed by atoms with Gasteiger partial charge in [0.2, 0.25) is 11.8 Å². The van der Waals surface area contributed by atoms with Crippen molar-refractivity contribution >= 4 is 11.8 Å². The lowest BCUT2D eigenvalue weighted by atomic mass is 9.97. The number of amides is 2. The second-order valence-corrected chi connectivity index (χ2v) is 5.12. The maximum Gasteiger partial charge on any atom is 0.224 e. The van der Waals surface area contributed by atoms with Crippen LogP contribution in [0.25, 0.3) is 0 Å². The molecule has 0 bridgehead atoms. The highest BCUT2D eigenvalue weighted by atomic mass is 16.5. The van der Waals surface area contributed by atoms with E-state index >= 15 is 0 Å². The van der Waals surface area contributed by atoms with Crippen LogP contribution in [0.5, 0.6) is 0 Å². The Labute approximate surface area is 121 Å². The molecule has 1 fully saturated rings. The number of piperidine rings is 1. The van der Waals surface area contributed by atoms with Crippen LogP contribution in [0.1, 0.15) is 32.6 Å². The third-order valence-corrected chi connectivity index (χ3v) is 3.40. The highest BCUT2D eigenvalue weighted by Crippen LogP contribution is 2.17. The van der Waals surface area contributed by atoms with Crippen molar-refractivity contribution in [2.24, 2.45) is 11.7 Å². The highest BCUT2D eigenvalue weighted by molar-refractivity contribution is 5.81. The molecule has 6 heteroatoms. The average molecular weight is 285 g/mol. The number of nitrogens with one attached hydrogen (secondary N) is 1. The van der Waals surface area contributed by atoms with E-state index < -0.39 is 0 Å². The van der Waals surface area contributed by atoms with E-state index in [1.165, 1.54) is 0 Å². The second-order valence-electron chi connectivity index (χ2n) is 5.12. The summed E-state index contributed by atoms with van der Waals surface area (Å²) in [7, 11) is 0. The number of hydrogen-bond acceptors (Lipinski definition) is 4. The first kappa shape index (κ1) is 16.9. The summed E-state index contributed by atoms with van der Waals surface area (Å²) in [6.45, 7) is 5.39. The lowest BCUT2D eigenvalue weighted by molar-refractivity contribution is -0.136. The van der Waals surface area contributed by atoms with Gasteiger partial charge in [0.15, 0.2) is 0 Å². The van der Waals surface area contributed by atoms with Gasteiger partial charge < -0.3 is 20.7 Å². The Kier molecular flexibility index (Phi) is 8.22. The van der Waals surface area contributed by atoms with E-state index in [0.717, 1.165) is 25.8 Å². The van der Waals surface area contributed by atoms with Crippen LogP contribution in [0.15, 0.2) is 0 Å². The van der Waals surface area contributed by atoms with Crippen LogP contribution in [0.4, 0.5) is 0 Å². The summed E-state index contributed by atoms with van der Waals surface area (Å²) >= 11 is 0. The van der Waals surface area contributed by atoms with Crippen molar-refractivity contribution in [1.82, 2.24) is 10.2 Å². The Morgan fingerprint density at radius 1 is 1.40 bits per heavy atom. The van der Waals surface area contributed by atoms with Gasteiger partial charge in [0.05, 0.1) is 18.9 Å². The van der Waals surface area contributed by atoms with Gasteiger partial charge >= 0.3 is 0 Å². The van der Waals surface area contributed by atoms with E-state index in [1.807, 2.05) is 6.92 Å². The van der Waals surface area contributed by atoms with Gasteiger partial charge in [-0.1, -0.05) is 6.92 Å². The summed E-state index contributed by atoms with van der Waals surface area (Å²) in [4.78, 5) is 25.7. The molecule has 1 rings (SSSR count). The minimum Gasteiger partial charge on any atom is -0.381 e. The SMILES string of the molecule is CCCOCCC(=O)N1CCCC(C(=O)NCCN)C1. The van der Waals surface area contributed by atoms with Crippen molar-refractivity contribution in [3.05, 3.63) is 0 Å². The molecule has 1 heterocycles. The predicted octanol–water partition coefficient (Wildman–Crippen LogP) is 0.117. The van der Waals surface area contributed by atoms with E-state index in [0.29, 0.717) is 39.3 Å². The molecule has 0 aliphatic carbocycles. The minimum absolute atomic E-state index is 0.00943. The van der Waals surface area contributed by atoms with Gasteiger partial charge in [0, 0.05) is 32.8 Å². The molecule has 1 aliphatic heterocycles. The topological polar surface area (TPSA) is 84.7 Å². The molecule has 20 heavy (non-hydrogen) atoms. The third-order valence-electron chi connectivity index (χ3n) is 3.40. The van der Waals surface area contributed by atoms with Crippen molar-refractivity contribution in [3.8, 4) is 0 Å². The zero-order valence-corrected chi connectivity index (χ0v) is 12.4. The molecule has 2 amide bonds. The van der Waals surface area contributed by atoms with E-state index in [1.54, 1.807) is 4.90 Å². The summed E-state index contributed by atoms with van der Waals surface area (Å²) in [5.41, 5.74) is 5.37. The molecule has 0 aromatic heterocycles. The van der Waals surface area contributed by atoms with Crippen LogP contribution in [-0.4, -0.2) is 56.1 Å². The Hall–Kier alpha value is -1.14. The van der Waals surface area contributed by atoms with Crippen molar-refractivity contribution in [3.63, 3.8) is 0 Å². The fourth-order valence-corrected chi connectivity index (χ4v) is 2.32. The first-order valence-electron chi connectivity index (χ1n) is 7.52. The van der Waals surface area contributed by atoms with Crippen molar-refractivity contribution in [1.29, 1.82) is 0 Å². The molecule has 1 saturated heterocycles. The molecule has 1 atom stereocenters. The fraction of sp³-hybridized carbons (Fsp3) is 0.857. The summed E-state index contributed by atoms with van der Waals surface area (Å²) in [5.74, 6) is -0.0107. The zero-order valence-electron chi connectivity index (χ0n) is 12.4. The molecule has 6 nitrogen and oxygen atoms in total. The molecule has 1 unspecified atom stereocenters. The fourth-order valence-electron chi connectivity index (χ4n) is 2.32. The van der Waals surface area contributed by atoms with Crippen molar-refractivity contribution in [2.75, 3.05) is 39.4 Å². The third kappa shape index (κ3) is 5.88. The van der Waals surface area contributed by atoms with E-state index in [4.69, 9.17) is 10.5 Å². The zero-order chi connectivity index (χ0) is 14.8. The molecule has 1 aliphatic rings. The predicted molar refractivity (Wildman–Crippen MR) is 77.1 cm³/mol. The number of nitrogens with zero attached hydrogens (tertiary/aromatic N) is 1. The summed E-state index contributed by atoms with van der Waals surface area (Å²) in [5, 5.41) is 2.79. The van der Waals surface area contributed by atoms with Gasteiger partial charge in [-0.25, -0.2) is 0 Å². The molecule has 0 radical (unpaired) electrons. The molecule has 0 spiro atoms. The van der Waals surface area contributed by atoms with E-state index in [9.17, 15) is 9.59 Å². The van der Waals surface area contributed by atoms with Crippen molar-refractivity contribution < 1.29 is 14.3 Å². The average Bonchev–Trinajstić information content (AvgIpc) is 2.49. The van der Waals surface area contributed by atoms with Gasteiger partial charge in [-0.15, -0.1) is 0 Å². The minimum atomic E-state index is -0.101. The maximum absolute atomic E-state index is 12.0. The lowest BCUT2D eigenvalue weighted by Crippen LogP contribution is -2.46. The second kappa shape index (κ2) is 9.72. The van der Waals surface area contributed by atoms with Crippen molar-refractivity contribution in [2.45, 2.75) is 32.6 Å². The molecule has 0 saturated carbocycles.